The van der Waals surface area contributed by atoms with Gasteiger partial charge in [-0.15, -0.1) is 0 Å². The largest absolute Gasteiger partial charge is 0.469 e. The average molecular weight is 329 g/mol. The third-order valence-electron chi connectivity index (χ3n) is 2.39. The molecule has 118 valence electrons. The lowest BCUT2D eigenvalue weighted by molar-refractivity contribution is -0.178. The zero-order chi connectivity index (χ0) is 18.6. The summed E-state index contributed by atoms with van der Waals surface area (Å²) < 4.78 is 56.5. The van der Waals surface area contributed by atoms with E-state index in [0.29, 0.717) is 6.20 Å². The van der Waals surface area contributed by atoms with Gasteiger partial charge >= 0.3 is 13.5 Å². The number of alkyl halides is 1. The summed E-state index contributed by atoms with van der Waals surface area (Å²) in [5, 5.41) is 9.87. The topological polar surface area (TPSA) is 151 Å². The first kappa shape index (κ1) is 12.2. The third kappa shape index (κ3) is 3.84. The Balaban J connectivity index is 2.45. The number of H-pyrrole nitrogens is 1. The lowest BCUT2D eigenvalue weighted by atomic mass is 10.2. The van der Waals surface area contributed by atoms with Crippen LogP contribution in [0.4, 0.5) is 4.39 Å². The molecule has 0 bridgehead atoms. The summed E-state index contributed by atoms with van der Waals surface area (Å²) in [5.74, 6) is -3.68. The first-order chi connectivity index (χ1) is 10.7. The van der Waals surface area contributed by atoms with E-state index < -0.39 is 50.2 Å². The fourth-order valence-electron chi connectivity index (χ4n) is 1.60. The van der Waals surface area contributed by atoms with Gasteiger partial charge < -0.3 is 19.6 Å². The molecule has 0 unspecified atom stereocenters. The van der Waals surface area contributed by atoms with Crippen LogP contribution in [-0.2, 0) is 13.8 Å². The zero-order valence-corrected chi connectivity index (χ0v) is 11.0. The van der Waals surface area contributed by atoms with E-state index >= 15 is 0 Å². The summed E-state index contributed by atoms with van der Waals surface area (Å²) in [5.41, 5.74) is -2.10. The Morgan fingerprint density at radius 2 is 2.38 bits per heavy atom. The highest BCUT2D eigenvalue weighted by atomic mass is 31.2. The van der Waals surface area contributed by atoms with E-state index in [1.165, 1.54) is 0 Å². The first-order valence-corrected chi connectivity index (χ1v) is 6.89. The second kappa shape index (κ2) is 5.44. The van der Waals surface area contributed by atoms with Gasteiger partial charge in [-0.05, 0) is 0 Å². The van der Waals surface area contributed by atoms with Gasteiger partial charge in [0, 0.05) is 18.7 Å². The predicted molar refractivity (Wildman–Crippen MR) is 63.9 cm³/mol. The number of aliphatic hydroxyl groups is 1. The molecule has 1 aliphatic rings. The molecule has 1 aliphatic heterocycles. The summed E-state index contributed by atoms with van der Waals surface area (Å²) in [7, 11) is -5.49. The first-order valence-electron chi connectivity index (χ1n) is 6.86. The standard InChI is InChI=1S/C9H12FN2O8P/c10-9(4-19-21(16,17)18)3-5(13)7(20-9)12-2-1-6(14)11-8(12)15/h1-2,5,7,13H,3-4H2,(H,11,14,15)(H2,16,17,18)/t5-,7-,9+/m1/s1/i4D2,7D. The number of rotatable bonds is 4. The molecular formula is C9H12FN2O8P. The fraction of sp³-hybridized carbons (Fsp3) is 0.556. The normalized spacial score (nSPS) is 36.0. The molecule has 10 nitrogen and oxygen atoms in total. The van der Waals surface area contributed by atoms with Gasteiger partial charge in [0.25, 0.3) is 5.56 Å². The number of nitrogens with one attached hydrogen (secondary N) is 1. The lowest BCUT2D eigenvalue weighted by Crippen LogP contribution is -2.35. The van der Waals surface area contributed by atoms with E-state index in [-0.39, 0.29) is 4.57 Å². The van der Waals surface area contributed by atoms with E-state index in [0.717, 1.165) is 6.07 Å². The fourth-order valence-corrected chi connectivity index (χ4v) is 1.86. The Morgan fingerprint density at radius 3 is 2.95 bits per heavy atom. The highest BCUT2D eigenvalue weighted by Crippen LogP contribution is 2.42. The minimum absolute atomic E-state index is 0.286. The molecular weight excluding hydrogens is 314 g/mol. The predicted octanol–water partition coefficient (Wildman–Crippen LogP) is -1.41. The van der Waals surface area contributed by atoms with Crippen LogP contribution in [0.1, 0.15) is 16.7 Å². The number of nitrogens with zero attached hydrogens (tertiary/aromatic N) is 1. The Labute approximate surface area is 120 Å². The maximum Gasteiger partial charge on any atom is 0.469 e. The van der Waals surface area contributed by atoms with E-state index in [1.54, 1.807) is 4.98 Å². The number of aliphatic hydroxyl groups excluding tert-OH is 1. The van der Waals surface area contributed by atoms with E-state index in [1.807, 2.05) is 0 Å². The van der Waals surface area contributed by atoms with Crippen LogP contribution in [0.5, 0.6) is 0 Å². The molecule has 2 heterocycles. The number of hydrogen-bond acceptors (Lipinski definition) is 6. The maximum atomic E-state index is 14.7. The van der Waals surface area contributed by atoms with Gasteiger partial charge in [0.05, 0.1) is 4.11 Å². The molecule has 1 aromatic heterocycles. The van der Waals surface area contributed by atoms with E-state index in [4.69, 9.17) is 13.9 Å². The van der Waals surface area contributed by atoms with Crippen LogP contribution in [0.15, 0.2) is 21.9 Å². The van der Waals surface area contributed by atoms with Crippen LogP contribution >= 0.6 is 7.82 Å². The molecule has 3 atom stereocenters. The molecule has 2 rings (SSSR count). The van der Waals surface area contributed by atoms with Crippen molar-refractivity contribution in [1.82, 2.24) is 9.55 Å². The summed E-state index contributed by atoms with van der Waals surface area (Å²) >= 11 is 0. The Hall–Kier alpha value is -1.36. The minimum Gasteiger partial charge on any atom is -0.388 e. The summed E-state index contributed by atoms with van der Waals surface area (Å²) in [6.45, 7) is -3.76. The van der Waals surface area contributed by atoms with Crippen LogP contribution in [-0.4, -0.2) is 43.0 Å². The SMILES string of the molecule is [2H]C([2H])(OP(=O)(O)O)[C@]1(F)C[C@@H](O)[C@]([2H])(n2ccc(=O)[nH]c2=O)O1. The van der Waals surface area contributed by atoms with Crippen LogP contribution in [0.25, 0.3) is 0 Å². The molecule has 0 saturated carbocycles. The summed E-state index contributed by atoms with van der Waals surface area (Å²) in [6, 6.07) is 0.771. The number of phosphoric acid groups is 1. The van der Waals surface area contributed by atoms with E-state index in [2.05, 4.69) is 9.26 Å². The van der Waals surface area contributed by atoms with E-state index in [9.17, 15) is 23.7 Å². The molecule has 0 aromatic carbocycles. The van der Waals surface area contributed by atoms with Gasteiger partial charge in [-0.3, -0.25) is 18.9 Å². The van der Waals surface area contributed by atoms with Crippen molar-refractivity contribution in [1.29, 1.82) is 0 Å². The number of halogens is 1. The monoisotopic (exact) mass is 329 g/mol. The van der Waals surface area contributed by atoms with Crippen molar-refractivity contribution in [2.24, 2.45) is 0 Å². The van der Waals surface area contributed by atoms with Gasteiger partial charge in [-0.2, -0.15) is 0 Å². The molecule has 0 aliphatic carbocycles. The average Bonchev–Trinajstić information content (AvgIpc) is 2.58. The number of aromatic amines is 1. The highest BCUT2D eigenvalue weighted by molar-refractivity contribution is 7.46. The number of phosphoric ester groups is 1. The maximum absolute atomic E-state index is 14.7. The molecule has 21 heavy (non-hydrogen) atoms. The number of ether oxygens (including phenoxy) is 1. The molecule has 12 heteroatoms. The van der Waals surface area contributed by atoms with Gasteiger partial charge in [0.15, 0.2) is 6.20 Å². The minimum atomic E-state index is -5.49. The van der Waals surface area contributed by atoms with Crippen molar-refractivity contribution in [3.05, 3.63) is 33.1 Å². The van der Waals surface area contributed by atoms with Crippen molar-refractivity contribution in [2.75, 3.05) is 6.56 Å². The Bertz CT molecular complexity index is 810. The molecule has 1 saturated heterocycles. The third-order valence-corrected chi connectivity index (χ3v) is 2.71. The molecule has 1 aromatic rings. The van der Waals surface area contributed by atoms with Gasteiger partial charge in [-0.25, -0.2) is 13.8 Å². The zero-order valence-electron chi connectivity index (χ0n) is 13.1. The number of hydrogen-bond donors (Lipinski definition) is 4. The molecule has 0 radical (unpaired) electrons. The smallest absolute Gasteiger partial charge is 0.388 e. The second-order valence-electron chi connectivity index (χ2n) is 4.05. The van der Waals surface area contributed by atoms with Gasteiger partial charge in [0.1, 0.15) is 12.7 Å². The van der Waals surface area contributed by atoms with Crippen molar-refractivity contribution in [3.8, 4) is 0 Å². The highest BCUT2D eigenvalue weighted by Gasteiger charge is 2.49. The van der Waals surface area contributed by atoms with Crippen molar-refractivity contribution in [3.63, 3.8) is 0 Å². The quantitative estimate of drug-likeness (QED) is 0.492. The molecule has 4 N–H and O–H groups in total. The van der Waals surface area contributed by atoms with Crippen molar-refractivity contribution >= 4 is 7.82 Å². The summed E-state index contributed by atoms with van der Waals surface area (Å²) in [4.78, 5) is 41.7. The van der Waals surface area contributed by atoms with Gasteiger partial charge in [0.2, 0.25) is 5.85 Å². The second-order valence-corrected chi connectivity index (χ2v) is 5.22. The van der Waals surface area contributed by atoms with Crippen LogP contribution in [0.2, 0.25) is 0 Å². The van der Waals surface area contributed by atoms with Crippen LogP contribution in [0, 0.1) is 0 Å². The Morgan fingerprint density at radius 1 is 1.71 bits per heavy atom. The van der Waals surface area contributed by atoms with Crippen LogP contribution < -0.4 is 11.2 Å². The molecule has 1 fully saturated rings. The molecule has 0 amide bonds. The van der Waals surface area contributed by atoms with Crippen molar-refractivity contribution in [2.45, 2.75) is 24.6 Å². The molecule has 0 spiro atoms. The lowest BCUT2D eigenvalue weighted by Gasteiger charge is -2.21. The van der Waals surface area contributed by atoms with Crippen molar-refractivity contribution < 1.29 is 37.2 Å². The Kier molecular flexibility index (Phi) is 3.17. The van der Waals surface area contributed by atoms with Crippen LogP contribution in [0.3, 0.4) is 0 Å². The van der Waals surface area contributed by atoms with Gasteiger partial charge in [-0.1, -0.05) is 0 Å². The summed E-state index contributed by atoms with van der Waals surface area (Å²) in [6.07, 6.45) is -5.62. The number of aromatic nitrogens is 2.